The van der Waals surface area contributed by atoms with E-state index in [1.807, 2.05) is 4.90 Å². The van der Waals surface area contributed by atoms with Gasteiger partial charge >= 0.3 is 6.09 Å². The highest BCUT2D eigenvalue weighted by molar-refractivity contribution is 6.44. The van der Waals surface area contributed by atoms with Gasteiger partial charge in [0.05, 0.1) is 34.8 Å². The van der Waals surface area contributed by atoms with Gasteiger partial charge in [-0.05, 0) is 19.1 Å². The number of carbonyl (C=O) groups excluding carboxylic acids is 3. The van der Waals surface area contributed by atoms with Crippen molar-refractivity contribution >= 4 is 46.8 Å². The third-order valence-electron chi connectivity index (χ3n) is 4.58. The molecule has 1 aromatic rings. The van der Waals surface area contributed by atoms with Crippen LogP contribution in [0.15, 0.2) is 18.2 Å². The van der Waals surface area contributed by atoms with Gasteiger partial charge in [0.1, 0.15) is 0 Å². The molecule has 26 heavy (non-hydrogen) atoms. The zero-order chi connectivity index (χ0) is 18.8. The van der Waals surface area contributed by atoms with Gasteiger partial charge in [-0.2, -0.15) is 0 Å². The fourth-order valence-electron chi connectivity index (χ4n) is 3.25. The van der Waals surface area contributed by atoms with Crippen LogP contribution in [0.3, 0.4) is 0 Å². The SMILES string of the molecule is CCOC(=O)N1CCN([C@@H]2CC(=O)N(c3cccc(Cl)c3Cl)C2=O)CC1. The van der Waals surface area contributed by atoms with Gasteiger partial charge in [-0.25, -0.2) is 9.69 Å². The van der Waals surface area contributed by atoms with Crippen LogP contribution in [-0.2, 0) is 14.3 Å². The number of nitrogens with zero attached hydrogens (tertiary/aromatic N) is 3. The highest BCUT2D eigenvalue weighted by Gasteiger charge is 2.44. The average Bonchev–Trinajstić information content (AvgIpc) is 2.92. The molecule has 2 heterocycles. The van der Waals surface area contributed by atoms with E-state index in [0.29, 0.717) is 38.5 Å². The van der Waals surface area contributed by atoms with Gasteiger partial charge in [-0.1, -0.05) is 29.3 Å². The molecule has 0 unspecified atom stereocenters. The largest absolute Gasteiger partial charge is 0.450 e. The van der Waals surface area contributed by atoms with Crippen molar-refractivity contribution in [2.45, 2.75) is 19.4 Å². The zero-order valence-electron chi connectivity index (χ0n) is 14.3. The van der Waals surface area contributed by atoms with Crippen molar-refractivity contribution in [3.63, 3.8) is 0 Å². The second-order valence-electron chi connectivity index (χ2n) is 6.08. The van der Waals surface area contributed by atoms with Crippen LogP contribution in [0.1, 0.15) is 13.3 Å². The molecule has 3 amide bonds. The number of benzene rings is 1. The zero-order valence-corrected chi connectivity index (χ0v) is 15.8. The minimum atomic E-state index is -0.554. The van der Waals surface area contributed by atoms with Crippen molar-refractivity contribution in [2.24, 2.45) is 0 Å². The van der Waals surface area contributed by atoms with Crippen LogP contribution < -0.4 is 4.90 Å². The van der Waals surface area contributed by atoms with Crippen LogP contribution in [0, 0.1) is 0 Å². The van der Waals surface area contributed by atoms with E-state index in [2.05, 4.69) is 0 Å². The summed E-state index contributed by atoms with van der Waals surface area (Å²) in [7, 11) is 0. The molecular weight excluding hydrogens is 381 g/mol. The Labute approximate surface area is 161 Å². The van der Waals surface area contributed by atoms with E-state index in [-0.39, 0.29) is 34.4 Å². The number of halogens is 2. The average molecular weight is 400 g/mol. The number of hydrogen-bond donors (Lipinski definition) is 0. The molecule has 1 aromatic carbocycles. The predicted octanol–water partition coefficient (Wildman–Crippen LogP) is 2.40. The Morgan fingerprint density at radius 3 is 2.54 bits per heavy atom. The second-order valence-corrected chi connectivity index (χ2v) is 6.87. The maximum absolute atomic E-state index is 12.9. The van der Waals surface area contributed by atoms with Crippen LogP contribution in [-0.4, -0.2) is 66.5 Å². The Morgan fingerprint density at radius 2 is 1.88 bits per heavy atom. The van der Waals surface area contributed by atoms with Crippen LogP contribution >= 0.6 is 23.2 Å². The van der Waals surface area contributed by atoms with Crippen molar-refractivity contribution in [1.29, 1.82) is 0 Å². The minimum absolute atomic E-state index is 0.0844. The molecule has 1 atom stereocenters. The number of piperazine rings is 1. The molecule has 0 saturated carbocycles. The Bertz CT molecular complexity index is 735. The summed E-state index contributed by atoms with van der Waals surface area (Å²) in [5.41, 5.74) is 0.307. The Morgan fingerprint density at radius 1 is 1.19 bits per heavy atom. The highest BCUT2D eigenvalue weighted by atomic mass is 35.5. The maximum Gasteiger partial charge on any atom is 0.409 e. The summed E-state index contributed by atoms with van der Waals surface area (Å²) in [6, 6.07) is 4.30. The third kappa shape index (κ3) is 3.51. The predicted molar refractivity (Wildman–Crippen MR) is 97.5 cm³/mol. The lowest BCUT2D eigenvalue weighted by molar-refractivity contribution is -0.123. The lowest BCUT2D eigenvalue weighted by atomic mass is 10.2. The van der Waals surface area contributed by atoms with Gasteiger partial charge in [0.2, 0.25) is 5.91 Å². The van der Waals surface area contributed by atoms with E-state index < -0.39 is 6.04 Å². The number of hydrogen-bond acceptors (Lipinski definition) is 5. The van der Waals surface area contributed by atoms with Gasteiger partial charge in [0, 0.05) is 26.2 Å². The van der Waals surface area contributed by atoms with Gasteiger partial charge in [0.15, 0.2) is 0 Å². The fraction of sp³-hybridized carbons (Fsp3) is 0.471. The molecular formula is C17H19Cl2N3O4. The first-order chi connectivity index (χ1) is 12.4. The summed E-state index contributed by atoms with van der Waals surface area (Å²) >= 11 is 12.2. The van der Waals surface area contributed by atoms with E-state index >= 15 is 0 Å². The first-order valence-corrected chi connectivity index (χ1v) is 9.16. The van der Waals surface area contributed by atoms with Crippen molar-refractivity contribution in [3.05, 3.63) is 28.2 Å². The Balaban J connectivity index is 1.70. The molecule has 0 aromatic heterocycles. The number of ether oxygens (including phenoxy) is 1. The lowest BCUT2D eigenvalue weighted by Gasteiger charge is -2.36. The normalized spacial score (nSPS) is 21.4. The molecule has 2 saturated heterocycles. The number of amides is 3. The molecule has 0 bridgehead atoms. The monoisotopic (exact) mass is 399 g/mol. The number of anilines is 1. The van der Waals surface area contributed by atoms with Crippen molar-refractivity contribution in [1.82, 2.24) is 9.80 Å². The van der Waals surface area contributed by atoms with E-state index in [1.165, 1.54) is 0 Å². The third-order valence-corrected chi connectivity index (χ3v) is 5.38. The summed E-state index contributed by atoms with van der Waals surface area (Å²) in [5.74, 6) is -0.624. The molecule has 2 aliphatic rings. The van der Waals surface area contributed by atoms with Gasteiger partial charge in [-0.3, -0.25) is 14.5 Å². The van der Waals surface area contributed by atoms with E-state index in [9.17, 15) is 14.4 Å². The standard InChI is InChI=1S/C17H19Cl2N3O4/c1-2-26-17(25)21-8-6-20(7-9-21)13-10-14(23)22(16(13)24)12-5-3-4-11(18)15(12)19/h3-5,13H,2,6-10H2,1H3/t13-/m1/s1. The summed E-state index contributed by atoms with van der Waals surface area (Å²) in [4.78, 5) is 41.7. The second kappa shape index (κ2) is 7.82. The lowest BCUT2D eigenvalue weighted by Crippen LogP contribution is -2.54. The molecule has 0 radical (unpaired) electrons. The molecule has 2 aliphatic heterocycles. The molecule has 140 valence electrons. The van der Waals surface area contributed by atoms with E-state index in [4.69, 9.17) is 27.9 Å². The smallest absolute Gasteiger partial charge is 0.409 e. The van der Waals surface area contributed by atoms with Gasteiger partial charge in [-0.15, -0.1) is 0 Å². The molecule has 0 N–H and O–H groups in total. The van der Waals surface area contributed by atoms with Crippen LogP contribution in [0.25, 0.3) is 0 Å². The summed E-state index contributed by atoms with van der Waals surface area (Å²) in [6.45, 7) is 3.99. The highest BCUT2D eigenvalue weighted by Crippen LogP contribution is 2.36. The molecule has 0 spiro atoms. The summed E-state index contributed by atoms with van der Waals surface area (Å²) in [5, 5.41) is 0.472. The quantitative estimate of drug-likeness (QED) is 0.729. The molecule has 0 aliphatic carbocycles. The van der Waals surface area contributed by atoms with Crippen LogP contribution in [0.4, 0.5) is 10.5 Å². The topological polar surface area (TPSA) is 70.2 Å². The molecule has 7 nitrogen and oxygen atoms in total. The minimum Gasteiger partial charge on any atom is -0.450 e. The Kier molecular flexibility index (Phi) is 5.70. The first-order valence-electron chi connectivity index (χ1n) is 8.40. The van der Waals surface area contributed by atoms with Crippen LogP contribution in [0.5, 0.6) is 0 Å². The number of imide groups is 1. The molecule has 2 fully saturated rings. The fourth-order valence-corrected chi connectivity index (χ4v) is 3.63. The van der Waals surface area contributed by atoms with Crippen molar-refractivity contribution in [2.75, 3.05) is 37.7 Å². The van der Waals surface area contributed by atoms with Gasteiger partial charge < -0.3 is 9.64 Å². The summed E-state index contributed by atoms with van der Waals surface area (Å²) in [6.07, 6.45) is -0.269. The molecule has 9 heteroatoms. The van der Waals surface area contributed by atoms with Crippen molar-refractivity contribution in [3.8, 4) is 0 Å². The van der Waals surface area contributed by atoms with Crippen molar-refractivity contribution < 1.29 is 19.1 Å². The Hall–Kier alpha value is -1.83. The van der Waals surface area contributed by atoms with Crippen LogP contribution in [0.2, 0.25) is 10.0 Å². The first kappa shape index (κ1) is 18.9. The molecule has 3 rings (SSSR count). The maximum atomic E-state index is 12.9. The number of carbonyl (C=O) groups is 3. The summed E-state index contributed by atoms with van der Waals surface area (Å²) < 4.78 is 4.99. The van der Waals surface area contributed by atoms with E-state index in [0.717, 1.165) is 4.90 Å². The van der Waals surface area contributed by atoms with E-state index in [1.54, 1.807) is 30.0 Å². The number of rotatable bonds is 3. The van der Waals surface area contributed by atoms with Gasteiger partial charge in [0.25, 0.3) is 5.91 Å².